The van der Waals surface area contributed by atoms with E-state index < -0.39 is 10.0 Å². The largest absolute Gasteiger partial charge is 0.497 e. The number of carbonyl (C=O) groups is 1. The van der Waals surface area contributed by atoms with E-state index in [0.29, 0.717) is 41.5 Å². The molecule has 0 fully saturated rings. The first-order valence-electron chi connectivity index (χ1n) is 11.1. The van der Waals surface area contributed by atoms with Crippen molar-refractivity contribution >= 4 is 66.3 Å². The number of hydrogen-bond donors (Lipinski definition) is 3. The molecular formula is C25H27BrN4O4S2. The second-order valence-corrected chi connectivity index (χ2v) is 10.6. The van der Waals surface area contributed by atoms with Crippen LogP contribution in [0.3, 0.4) is 0 Å². The van der Waals surface area contributed by atoms with E-state index in [4.69, 9.17) is 17.0 Å². The van der Waals surface area contributed by atoms with Crippen molar-refractivity contribution in [2.45, 2.75) is 18.7 Å². The van der Waals surface area contributed by atoms with Gasteiger partial charge in [0.2, 0.25) is 0 Å². The van der Waals surface area contributed by atoms with Gasteiger partial charge in [0.05, 0.1) is 12.8 Å². The van der Waals surface area contributed by atoms with Crippen LogP contribution in [0.1, 0.15) is 24.2 Å². The Hall–Kier alpha value is -3.15. The first-order chi connectivity index (χ1) is 17.2. The molecule has 0 bridgehead atoms. The molecule has 0 aromatic heterocycles. The van der Waals surface area contributed by atoms with Gasteiger partial charge in [-0.1, -0.05) is 22.0 Å². The van der Waals surface area contributed by atoms with Crippen molar-refractivity contribution in [3.05, 3.63) is 76.8 Å². The van der Waals surface area contributed by atoms with Gasteiger partial charge in [0.15, 0.2) is 5.11 Å². The first kappa shape index (κ1) is 27.4. The fraction of sp³-hybridized carbons (Fsp3) is 0.200. The van der Waals surface area contributed by atoms with Crippen LogP contribution in [0.4, 0.5) is 17.1 Å². The van der Waals surface area contributed by atoms with Crippen molar-refractivity contribution in [2.75, 3.05) is 35.1 Å². The summed E-state index contributed by atoms with van der Waals surface area (Å²) in [6.07, 6.45) is 0. The number of carbonyl (C=O) groups excluding carboxylic acids is 1. The maximum absolute atomic E-state index is 13.4. The summed E-state index contributed by atoms with van der Waals surface area (Å²) in [5, 5.41) is 5.57. The van der Waals surface area contributed by atoms with Crippen molar-refractivity contribution < 1.29 is 17.9 Å². The molecule has 11 heteroatoms. The summed E-state index contributed by atoms with van der Waals surface area (Å²) in [7, 11) is -2.42. The molecule has 0 aliphatic heterocycles. The number of nitrogens with zero attached hydrogens (tertiary/aromatic N) is 1. The number of anilines is 3. The summed E-state index contributed by atoms with van der Waals surface area (Å²) in [5.74, 6) is 0.231. The minimum atomic E-state index is -3.97. The Bertz CT molecular complexity index is 1340. The third-order valence-electron chi connectivity index (χ3n) is 5.27. The molecule has 0 saturated heterocycles. The molecule has 0 aliphatic carbocycles. The van der Waals surface area contributed by atoms with Gasteiger partial charge in [-0.25, -0.2) is 8.42 Å². The number of rotatable bonds is 9. The second-order valence-electron chi connectivity index (χ2n) is 7.61. The predicted molar refractivity (Wildman–Crippen MR) is 152 cm³/mol. The van der Waals surface area contributed by atoms with E-state index in [1.165, 1.54) is 6.07 Å². The minimum absolute atomic E-state index is 0.0435. The van der Waals surface area contributed by atoms with Crippen LogP contribution < -0.4 is 25.0 Å². The second kappa shape index (κ2) is 12.2. The first-order valence-corrected chi connectivity index (χ1v) is 13.8. The van der Waals surface area contributed by atoms with E-state index in [0.717, 1.165) is 4.47 Å². The molecular weight excluding hydrogens is 564 g/mol. The van der Waals surface area contributed by atoms with E-state index in [9.17, 15) is 13.2 Å². The molecule has 0 atom stereocenters. The third-order valence-corrected chi connectivity index (χ3v) is 7.38. The van der Waals surface area contributed by atoms with Crippen LogP contribution in [0, 0.1) is 0 Å². The highest BCUT2D eigenvalue weighted by molar-refractivity contribution is 9.10. The van der Waals surface area contributed by atoms with E-state index in [1.54, 1.807) is 61.7 Å². The monoisotopic (exact) mass is 590 g/mol. The van der Waals surface area contributed by atoms with Gasteiger partial charge in [-0.2, -0.15) is 0 Å². The zero-order chi connectivity index (χ0) is 26.3. The maximum atomic E-state index is 13.4. The Kier molecular flexibility index (Phi) is 9.30. The van der Waals surface area contributed by atoms with Gasteiger partial charge in [-0.05, 0) is 86.7 Å². The number of hydrogen-bond acceptors (Lipinski definition) is 6. The topological polar surface area (TPSA) is 99.8 Å². The highest BCUT2D eigenvalue weighted by Gasteiger charge is 2.23. The van der Waals surface area contributed by atoms with Gasteiger partial charge in [-0.3, -0.25) is 14.8 Å². The summed E-state index contributed by atoms with van der Waals surface area (Å²) >= 11 is 8.63. The highest BCUT2D eigenvalue weighted by atomic mass is 79.9. The zero-order valence-electron chi connectivity index (χ0n) is 20.0. The van der Waals surface area contributed by atoms with Crippen LogP contribution in [0.25, 0.3) is 0 Å². The van der Waals surface area contributed by atoms with Crippen molar-refractivity contribution in [3.8, 4) is 5.75 Å². The molecule has 3 aromatic rings. The van der Waals surface area contributed by atoms with Crippen LogP contribution >= 0.6 is 28.1 Å². The lowest BCUT2D eigenvalue weighted by Gasteiger charge is -2.25. The lowest BCUT2D eigenvalue weighted by Crippen LogP contribution is -2.34. The summed E-state index contributed by atoms with van der Waals surface area (Å²) in [5.41, 5.74) is 1.80. The van der Waals surface area contributed by atoms with Gasteiger partial charge in [-0.15, -0.1) is 0 Å². The number of halogens is 1. The number of thiocarbonyl (C=S) groups is 1. The Morgan fingerprint density at radius 1 is 1.00 bits per heavy atom. The molecule has 0 aliphatic rings. The smallest absolute Gasteiger partial charge is 0.264 e. The molecule has 3 N–H and O–H groups in total. The standard InChI is InChI=1S/C25H27BrN4O4S2/c1-4-30(5-2)22-14-11-20(27-25(35)28-24(31)17-7-6-8-18(26)15-17)16-23(22)36(32,33)29-19-9-12-21(34-3)13-10-19/h6-16,29H,4-5H2,1-3H3,(H2,27,28,31,35). The molecule has 190 valence electrons. The number of sulfonamides is 1. The summed E-state index contributed by atoms with van der Waals surface area (Å²) in [4.78, 5) is 14.5. The predicted octanol–water partition coefficient (Wildman–Crippen LogP) is 5.23. The van der Waals surface area contributed by atoms with Crippen LogP contribution in [0.15, 0.2) is 76.1 Å². The lowest BCUT2D eigenvalue weighted by atomic mass is 10.2. The average Bonchev–Trinajstić information content (AvgIpc) is 2.85. The number of methoxy groups -OCH3 is 1. The quantitative estimate of drug-likeness (QED) is 0.293. The molecule has 1 amide bonds. The average molecular weight is 592 g/mol. The molecule has 0 radical (unpaired) electrons. The number of ether oxygens (including phenoxy) is 1. The van der Waals surface area contributed by atoms with Gasteiger partial charge < -0.3 is 15.0 Å². The number of benzene rings is 3. The summed E-state index contributed by atoms with van der Waals surface area (Å²) < 4.78 is 35.4. The minimum Gasteiger partial charge on any atom is -0.497 e. The van der Waals surface area contributed by atoms with Crippen LogP contribution in [0.2, 0.25) is 0 Å². The number of nitrogens with one attached hydrogen (secondary N) is 3. The van der Waals surface area contributed by atoms with Crippen molar-refractivity contribution in [1.29, 1.82) is 0 Å². The molecule has 0 spiro atoms. The SMILES string of the molecule is CCN(CC)c1ccc(NC(=S)NC(=O)c2cccc(Br)c2)cc1S(=O)(=O)Nc1ccc(OC)cc1. The lowest BCUT2D eigenvalue weighted by molar-refractivity contribution is 0.0977. The van der Waals surface area contributed by atoms with Gasteiger partial charge in [0.1, 0.15) is 10.6 Å². The van der Waals surface area contributed by atoms with E-state index in [-0.39, 0.29) is 15.9 Å². The van der Waals surface area contributed by atoms with Gasteiger partial charge >= 0.3 is 0 Å². The van der Waals surface area contributed by atoms with Crippen LogP contribution in [-0.4, -0.2) is 39.6 Å². The molecule has 8 nitrogen and oxygen atoms in total. The molecule has 3 rings (SSSR count). The van der Waals surface area contributed by atoms with Gasteiger partial charge in [0.25, 0.3) is 15.9 Å². The van der Waals surface area contributed by atoms with Gasteiger partial charge in [0, 0.05) is 34.5 Å². The Morgan fingerprint density at radius 3 is 2.28 bits per heavy atom. The van der Waals surface area contributed by atoms with E-state index in [2.05, 4.69) is 31.3 Å². The van der Waals surface area contributed by atoms with E-state index >= 15 is 0 Å². The Labute approximate surface area is 225 Å². The highest BCUT2D eigenvalue weighted by Crippen LogP contribution is 2.30. The van der Waals surface area contributed by atoms with E-state index in [1.807, 2.05) is 24.8 Å². The fourth-order valence-electron chi connectivity index (χ4n) is 3.47. The molecule has 0 saturated carbocycles. The Balaban J connectivity index is 1.87. The van der Waals surface area contributed by atoms with Crippen LogP contribution in [-0.2, 0) is 10.0 Å². The maximum Gasteiger partial charge on any atom is 0.264 e. The van der Waals surface area contributed by atoms with Crippen molar-refractivity contribution in [3.63, 3.8) is 0 Å². The Morgan fingerprint density at radius 2 is 1.67 bits per heavy atom. The molecule has 0 unspecified atom stereocenters. The third kappa shape index (κ3) is 6.96. The number of amides is 1. The van der Waals surface area contributed by atoms with Crippen molar-refractivity contribution in [2.24, 2.45) is 0 Å². The summed E-state index contributed by atoms with van der Waals surface area (Å²) in [6, 6.07) is 18.4. The normalized spacial score (nSPS) is 10.9. The molecule has 3 aromatic carbocycles. The zero-order valence-corrected chi connectivity index (χ0v) is 23.3. The van der Waals surface area contributed by atoms with Crippen LogP contribution in [0.5, 0.6) is 5.75 Å². The summed E-state index contributed by atoms with van der Waals surface area (Å²) in [6.45, 7) is 5.15. The molecule has 0 heterocycles. The van der Waals surface area contributed by atoms with Crippen molar-refractivity contribution in [1.82, 2.24) is 5.32 Å². The molecule has 36 heavy (non-hydrogen) atoms. The fourth-order valence-corrected chi connectivity index (χ4v) is 5.39.